The van der Waals surface area contributed by atoms with Gasteiger partial charge in [0, 0.05) is 0 Å². The fourth-order valence-electron chi connectivity index (χ4n) is 1.27. The molecule has 0 saturated heterocycles. The molecule has 0 atom stereocenters. The molecule has 4 nitrogen and oxygen atoms in total. The van der Waals surface area contributed by atoms with Gasteiger partial charge in [-0.2, -0.15) is 5.10 Å². The number of hydrogen-bond donors (Lipinski definition) is 0. The van der Waals surface area contributed by atoms with Crippen LogP contribution in [0.15, 0.2) is 42.0 Å². The SMILES string of the molecule is C/C(=N\n1cnnc1)c1ccc(C)cc1. The molecule has 0 unspecified atom stereocenters. The van der Waals surface area contributed by atoms with E-state index in [1.807, 2.05) is 6.92 Å². The Labute approximate surface area is 88.3 Å². The van der Waals surface area contributed by atoms with E-state index in [4.69, 9.17) is 0 Å². The number of aryl methyl sites for hydroxylation is 1. The molecular weight excluding hydrogens is 188 g/mol. The molecule has 0 radical (unpaired) electrons. The van der Waals surface area contributed by atoms with Crippen LogP contribution in [0.4, 0.5) is 0 Å². The zero-order chi connectivity index (χ0) is 10.7. The van der Waals surface area contributed by atoms with Crippen LogP contribution in [0.25, 0.3) is 0 Å². The minimum Gasteiger partial charge on any atom is -0.207 e. The third kappa shape index (κ3) is 2.28. The molecule has 15 heavy (non-hydrogen) atoms. The number of benzene rings is 1. The van der Waals surface area contributed by atoms with Gasteiger partial charge >= 0.3 is 0 Å². The largest absolute Gasteiger partial charge is 0.207 e. The van der Waals surface area contributed by atoms with Crippen LogP contribution in [0.2, 0.25) is 0 Å². The zero-order valence-corrected chi connectivity index (χ0v) is 8.75. The smallest absolute Gasteiger partial charge is 0.141 e. The Bertz CT molecular complexity index is 454. The highest BCUT2D eigenvalue weighted by Gasteiger charge is 1.96. The minimum absolute atomic E-state index is 0.940. The van der Waals surface area contributed by atoms with Crippen LogP contribution in [0.1, 0.15) is 18.1 Å². The van der Waals surface area contributed by atoms with Crippen LogP contribution in [0.3, 0.4) is 0 Å². The summed E-state index contributed by atoms with van der Waals surface area (Å²) in [5.74, 6) is 0. The van der Waals surface area contributed by atoms with E-state index in [9.17, 15) is 0 Å². The van der Waals surface area contributed by atoms with Crippen molar-refractivity contribution in [3.05, 3.63) is 48.0 Å². The summed E-state index contributed by atoms with van der Waals surface area (Å²) in [7, 11) is 0. The summed E-state index contributed by atoms with van der Waals surface area (Å²) in [5, 5.41) is 11.7. The van der Waals surface area contributed by atoms with Crippen molar-refractivity contribution in [2.24, 2.45) is 5.10 Å². The molecule has 0 bridgehead atoms. The van der Waals surface area contributed by atoms with Crippen LogP contribution < -0.4 is 0 Å². The van der Waals surface area contributed by atoms with Crippen LogP contribution in [0, 0.1) is 6.92 Å². The summed E-state index contributed by atoms with van der Waals surface area (Å²) >= 11 is 0. The first-order valence-corrected chi connectivity index (χ1v) is 4.73. The van der Waals surface area contributed by atoms with Gasteiger partial charge in [-0.3, -0.25) is 0 Å². The van der Waals surface area contributed by atoms with Gasteiger partial charge in [0.05, 0.1) is 5.71 Å². The van der Waals surface area contributed by atoms with Gasteiger partial charge in [0.15, 0.2) is 0 Å². The van der Waals surface area contributed by atoms with Crippen LogP contribution in [0.5, 0.6) is 0 Å². The summed E-state index contributed by atoms with van der Waals surface area (Å²) in [4.78, 5) is 0. The van der Waals surface area contributed by atoms with Gasteiger partial charge in [0.1, 0.15) is 12.7 Å². The Hall–Kier alpha value is -1.97. The molecular formula is C11H12N4. The molecule has 0 fully saturated rings. The van der Waals surface area contributed by atoms with Crippen molar-refractivity contribution in [1.29, 1.82) is 0 Å². The predicted molar refractivity (Wildman–Crippen MR) is 58.8 cm³/mol. The Morgan fingerprint density at radius 3 is 2.33 bits per heavy atom. The molecule has 1 aromatic carbocycles. The number of hydrogen-bond acceptors (Lipinski definition) is 3. The molecule has 2 rings (SSSR count). The lowest BCUT2D eigenvalue weighted by atomic mass is 10.1. The van der Waals surface area contributed by atoms with Crippen molar-refractivity contribution in [2.75, 3.05) is 0 Å². The van der Waals surface area contributed by atoms with Crippen molar-refractivity contribution < 1.29 is 0 Å². The van der Waals surface area contributed by atoms with E-state index in [-0.39, 0.29) is 0 Å². The maximum absolute atomic E-state index is 4.33. The summed E-state index contributed by atoms with van der Waals surface area (Å²) in [5.41, 5.74) is 3.29. The minimum atomic E-state index is 0.940. The molecule has 0 aliphatic heterocycles. The molecule has 0 N–H and O–H groups in total. The van der Waals surface area contributed by atoms with E-state index < -0.39 is 0 Å². The summed E-state index contributed by atoms with van der Waals surface area (Å²) in [6, 6.07) is 8.25. The lowest BCUT2D eigenvalue weighted by Gasteiger charge is -2.00. The second kappa shape index (κ2) is 4.04. The third-order valence-electron chi connectivity index (χ3n) is 2.14. The Morgan fingerprint density at radius 1 is 1.13 bits per heavy atom. The first kappa shape index (κ1) is 9.58. The van der Waals surface area contributed by atoms with Crippen LogP contribution >= 0.6 is 0 Å². The number of rotatable bonds is 2. The second-order valence-corrected chi connectivity index (χ2v) is 3.39. The Morgan fingerprint density at radius 2 is 1.73 bits per heavy atom. The quantitative estimate of drug-likeness (QED) is 0.694. The van der Waals surface area contributed by atoms with Crippen molar-refractivity contribution in [1.82, 2.24) is 14.9 Å². The molecule has 4 heteroatoms. The van der Waals surface area contributed by atoms with E-state index in [0.29, 0.717) is 0 Å². The zero-order valence-electron chi connectivity index (χ0n) is 8.75. The summed E-state index contributed by atoms with van der Waals surface area (Å²) < 4.78 is 1.59. The lowest BCUT2D eigenvalue weighted by molar-refractivity contribution is 0.871. The Kier molecular flexibility index (Phi) is 2.58. The molecule has 0 aliphatic rings. The lowest BCUT2D eigenvalue weighted by Crippen LogP contribution is -1.98. The van der Waals surface area contributed by atoms with Gasteiger partial charge in [-0.15, -0.1) is 10.2 Å². The summed E-state index contributed by atoms with van der Waals surface area (Å²) in [6.45, 7) is 4.03. The van der Waals surface area contributed by atoms with Crippen LogP contribution in [-0.4, -0.2) is 20.6 Å². The third-order valence-corrected chi connectivity index (χ3v) is 2.14. The highest BCUT2D eigenvalue weighted by molar-refractivity contribution is 5.98. The second-order valence-electron chi connectivity index (χ2n) is 3.39. The highest BCUT2D eigenvalue weighted by Crippen LogP contribution is 2.04. The highest BCUT2D eigenvalue weighted by atomic mass is 15.4. The van der Waals surface area contributed by atoms with E-state index in [1.165, 1.54) is 5.56 Å². The molecule has 0 spiro atoms. The van der Waals surface area contributed by atoms with Gasteiger partial charge in [-0.1, -0.05) is 29.8 Å². The average molecular weight is 200 g/mol. The molecule has 0 saturated carbocycles. The van der Waals surface area contributed by atoms with Gasteiger partial charge in [0.2, 0.25) is 0 Å². The first-order chi connectivity index (χ1) is 7.25. The normalized spacial score (nSPS) is 11.7. The topological polar surface area (TPSA) is 43.1 Å². The van der Waals surface area contributed by atoms with Crippen molar-refractivity contribution in [2.45, 2.75) is 13.8 Å². The number of nitrogens with zero attached hydrogens (tertiary/aromatic N) is 4. The van der Waals surface area contributed by atoms with E-state index in [2.05, 4.69) is 46.5 Å². The van der Waals surface area contributed by atoms with Gasteiger partial charge in [0.25, 0.3) is 0 Å². The van der Waals surface area contributed by atoms with Crippen LogP contribution in [-0.2, 0) is 0 Å². The molecule has 2 aromatic rings. The number of aromatic nitrogens is 3. The molecule has 0 aliphatic carbocycles. The van der Waals surface area contributed by atoms with Gasteiger partial charge in [-0.05, 0) is 19.4 Å². The van der Waals surface area contributed by atoms with E-state index in [1.54, 1.807) is 17.3 Å². The monoisotopic (exact) mass is 200 g/mol. The van der Waals surface area contributed by atoms with Crippen molar-refractivity contribution in [3.8, 4) is 0 Å². The van der Waals surface area contributed by atoms with Crippen molar-refractivity contribution >= 4 is 5.71 Å². The molecule has 1 heterocycles. The molecule has 0 amide bonds. The van der Waals surface area contributed by atoms with Gasteiger partial charge in [-0.25, -0.2) is 4.68 Å². The Balaban J connectivity index is 2.28. The average Bonchev–Trinajstić information content (AvgIpc) is 2.71. The van der Waals surface area contributed by atoms with E-state index in [0.717, 1.165) is 11.3 Å². The fourth-order valence-corrected chi connectivity index (χ4v) is 1.27. The molecule has 1 aromatic heterocycles. The van der Waals surface area contributed by atoms with E-state index >= 15 is 0 Å². The standard InChI is InChI=1S/C11H12N4/c1-9-3-5-11(6-4-9)10(2)14-15-7-12-13-8-15/h3-8H,1-2H3/b14-10+. The first-order valence-electron chi connectivity index (χ1n) is 4.73. The summed E-state index contributed by atoms with van der Waals surface area (Å²) in [6.07, 6.45) is 3.13. The predicted octanol–water partition coefficient (Wildman–Crippen LogP) is 1.86. The maximum atomic E-state index is 4.33. The van der Waals surface area contributed by atoms with Gasteiger partial charge < -0.3 is 0 Å². The fraction of sp³-hybridized carbons (Fsp3) is 0.182. The molecule has 76 valence electrons. The van der Waals surface area contributed by atoms with Crippen molar-refractivity contribution in [3.63, 3.8) is 0 Å². The maximum Gasteiger partial charge on any atom is 0.141 e.